The number of hydrogen-bond donors (Lipinski definition) is 1. The highest BCUT2D eigenvalue weighted by Crippen LogP contribution is 2.26. The SMILES string of the molecule is COc1c(CO)cccc1COC1CCN(CCc2ccc(F)cc2)CC1. The molecule has 1 saturated heterocycles. The fraction of sp³-hybridized carbons (Fsp3) is 0.455. The highest BCUT2D eigenvalue weighted by atomic mass is 19.1. The van der Waals surface area contributed by atoms with Gasteiger partial charge in [0.2, 0.25) is 0 Å². The maximum Gasteiger partial charge on any atom is 0.129 e. The molecule has 0 atom stereocenters. The number of ether oxygens (including phenoxy) is 2. The van der Waals surface area contributed by atoms with Crippen LogP contribution in [0.2, 0.25) is 0 Å². The molecule has 1 heterocycles. The van der Waals surface area contributed by atoms with Crippen LogP contribution in [0.25, 0.3) is 0 Å². The molecule has 0 unspecified atom stereocenters. The molecule has 0 aromatic heterocycles. The summed E-state index contributed by atoms with van der Waals surface area (Å²) in [6.07, 6.45) is 3.20. The van der Waals surface area contributed by atoms with Gasteiger partial charge in [0.05, 0.1) is 26.4 Å². The average molecular weight is 373 g/mol. The number of likely N-dealkylation sites (tertiary alicyclic amines) is 1. The number of benzene rings is 2. The number of aliphatic hydroxyl groups is 1. The van der Waals surface area contributed by atoms with E-state index in [0.29, 0.717) is 6.61 Å². The third-order valence-corrected chi connectivity index (χ3v) is 5.19. The Morgan fingerprint density at radius 2 is 1.78 bits per heavy atom. The lowest BCUT2D eigenvalue weighted by Gasteiger charge is -2.32. The van der Waals surface area contributed by atoms with Crippen molar-refractivity contribution in [1.82, 2.24) is 4.90 Å². The summed E-state index contributed by atoms with van der Waals surface area (Å²) in [6, 6.07) is 12.5. The third-order valence-electron chi connectivity index (χ3n) is 5.19. The predicted molar refractivity (Wildman–Crippen MR) is 103 cm³/mol. The number of hydrogen-bond acceptors (Lipinski definition) is 4. The molecule has 0 aliphatic carbocycles. The minimum absolute atomic E-state index is 0.0382. The highest BCUT2D eigenvalue weighted by molar-refractivity contribution is 5.40. The van der Waals surface area contributed by atoms with Crippen LogP contribution >= 0.6 is 0 Å². The van der Waals surface area contributed by atoms with Gasteiger partial charge in [0.25, 0.3) is 0 Å². The van der Waals surface area contributed by atoms with E-state index in [-0.39, 0.29) is 18.5 Å². The van der Waals surface area contributed by atoms with E-state index in [0.717, 1.165) is 55.8 Å². The maximum absolute atomic E-state index is 13.0. The Labute approximate surface area is 160 Å². The van der Waals surface area contributed by atoms with E-state index >= 15 is 0 Å². The summed E-state index contributed by atoms with van der Waals surface area (Å²) in [6.45, 7) is 3.48. The first-order valence-electron chi connectivity index (χ1n) is 9.53. The van der Waals surface area contributed by atoms with Gasteiger partial charge in [-0.15, -0.1) is 0 Å². The number of methoxy groups -OCH3 is 1. The van der Waals surface area contributed by atoms with Crippen LogP contribution < -0.4 is 4.74 Å². The zero-order chi connectivity index (χ0) is 19.1. The molecule has 0 radical (unpaired) electrons. The van der Waals surface area contributed by atoms with Crippen molar-refractivity contribution < 1.29 is 19.0 Å². The van der Waals surface area contributed by atoms with E-state index in [2.05, 4.69) is 4.90 Å². The molecule has 1 aliphatic heterocycles. The molecule has 3 rings (SSSR count). The molecule has 1 N–H and O–H groups in total. The van der Waals surface area contributed by atoms with E-state index in [1.807, 2.05) is 30.3 Å². The number of para-hydroxylation sites is 1. The van der Waals surface area contributed by atoms with E-state index in [4.69, 9.17) is 9.47 Å². The highest BCUT2D eigenvalue weighted by Gasteiger charge is 2.20. The molecule has 4 nitrogen and oxygen atoms in total. The lowest BCUT2D eigenvalue weighted by molar-refractivity contribution is -0.00289. The Morgan fingerprint density at radius 3 is 2.44 bits per heavy atom. The van der Waals surface area contributed by atoms with Crippen molar-refractivity contribution in [2.75, 3.05) is 26.7 Å². The molecule has 27 heavy (non-hydrogen) atoms. The fourth-order valence-electron chi connectivity index (χ4n) is 3.58. The molecule has 0 saturated carbocycles. The second-order valence-electron chi connectivity index (χ2n) is 7.00. The second kappa shape index (κ2) is 9.83. The molecule has 0 bridgehead atoms. The van der Waals surface area contributed by atoms with Crippen LogP contribution in [-0.4, -0.2) is 42.9 Å². The summed E-state index contributed by atoms with van der Waals surface area (Å²) < 4.78 is 24.5. The summed E-state index contributed by atoms with van der Waals surface area (Å²) in [5.41, 5.74) is 2.93. The number of rotatable bonds is 8. The Balaban J connectivity index is 1.43. The van der Waals surface area contributed by atoms with Crippen molar-refractivity contribution in [3.63, 3.8) is 0 Å². The normalized spacial score (nSPS) is 15.8. The third kappa shape index (κ3) is 5.51. The largest absolute Gasteiger partial charge is 0.496 e. The van der Waals surface area contributed by atoms with Gasteiger partial charge in [-0.1, -0.05) is 30.3 Å². The molecule has 5 heteroatoms. The standard InChI is InChI=1S/C22H28FNO3/c1-26-22-18(15-25)3-2-4-19(22)16-27-21-10-13-24(14-11-21)12-9-17-5-7-20(23)8-6-17/h2-8,21,25H,9-16H2,1H3. The summed E-state index contributed by atoms with van der Waals surface area (Å²) in [5.74, 6) is 0.537. The van der Waals surface area contributed by atoms with Crippen LogP contribution in [-0.2, 0) is 24.4 Å². The smallest absolute Gasteiger partial charge is 0.129 e. The lowest BCUT2D eigenvalue weighted by Crippen LogP contribution is -2.38. The number of piperidine rings is 1. The summed E-state index contributed by atoms with van der Waals surface area (Å²) in [5, 5.41) is 9.42. The monoisotopic (exact) mass is 373 g/mol. The molecule has 0 spiro atoms. The summed E-state index contributed by atoms with van der Waals surface area (Å²) in [4.78, 5) is 2.44. The summed E-state index contributed by atoms with van der Waals surface area (Å²) in [7, 11) is 1.62. The molecule has 0 amide bonds. The fourth-order valence-corrected chi connectivity index (χ4v) is 3.58. The molecule has 2 aromatic rings. The van der Waals surface area contributed by atoms with Gasteiger partial charge < -0.3 is 19.5 Å². The van der Waals surface area contributed by atoms with Crippen molar-refractivity contribution in [1.29, 1.82) is 0 Å². The van der Waals surface area contributed by atoms with Crippen LogP contribution in [0, 0.1) is 5.82 Å². The zero-order valence-electron chi connectivity index (χ0n) is 15.9. The van der Waals surface area contributed by atoms with E-state index in [1.165, 1.54) is 17.7 Å². The van der Waals surface area contributed by atoms with Crippen LogP contribution in [0.15, 0.2) is 42.5 Å². The van der Waals surface area contributed by atoms with Gasteiger partial charge in [-0.2, -0.15) is 0 Å². The van der Waals surface area contributed by atoms with Crippen molar-refractivity contribution in [3.8, 4) is 5.75 Å². The molecule has 146 valence electrons. The van der Waals surface area contributed by atoms with Crippen molar-refractivity contribution in [2.45, 2.75) is 38.6 Å². The molecule has 1 fully saturated rings. The zero-order valence-corrected chi connectivity index (χ0v) is 15.9. The van der Waals surface area contributed by atoms with Crippen molar-refractivity contribution in [2.24, 2.45) is 0 Å². The second-order valence-corrected chi connectivity index (χ2v) is 7.00. The Hall–Kier alpha value is -1.95. The van der Waals surface area contributed by atoms with Gasteiger partial charge in [0.1, 0.15) is 11.6 Å². The molecule has 2 aromatic carbocycles. The molecule has 1 aliphatic rings. The van der Waals surface area contributed by atoms with Gasteiger partial charge >= 0.3 is 0 Å². The van der Waals surface area contributed by atoms with Crippen molar-refractivity contribution in [3.05, 3.63) is 65.0 Å². The first kappa shape index (κ1) is 19.8. The van der Waals surface area contributed by atoms with Gasteiger partial charge in [-0.05, 0) is 37.0 Å². The van der Waals surface area contributed by atoms with E-state index in [1.54, 1.807) is 7.11 Å². The quantitative estimate of drug-likeness (QED) is 0.768. The number of nitrogens with zero attached hydrogens (tertiary/aromatic N) is 1. The molecular weight excluding hydrogens is 345 g/mol. The van der Waals surface area contributed by atoms with Crippen molar-refractivity contribution >= 4 is 0 Å². The minimum atomic E-state index is -0.183. The van der Waals surface area contributed by atoms with Gasteiger partial charge in [0.15, 0.2) is 0 Å². The van der Waals surface area contributed by atoms with Gasteiger partial charge in [-0.25, -0.2) is 4.39 Å². The van der Waals surface area contributed by atoms with E-state index in [9.17, 15) is 9.50 Å². The number of halogens is 1. The van der Waals surface area contributed by atoms with Crippen LogP contribution in [0.1, 0.15) is 29.5 Å². The topological polar surface area (TPSA) is 41.9 Å². The maximum atomic E-state index is 13.0. The van der Waals surface area contributed by atoms with Crippen LogP contribution in [0.5, 0.6) is 5.75 Å². The Kier molecular flexibility index (Phi) is 7.21. The number of aliphatic hydroxyl groups excluding tert-OH is 1. The Bertz CT molecular complexity index is 712. The summed E-state index contributed by atoms with van der Waals surface area (Å²) >= 11 is 0. The van der Waals surface area contributed by atoms with Gasteiger partial charge in [0, 0.05) is 30.8 Å². The van der Waals surface area contributed by atoms with E-state index < -0.39 is 0 Å². The Morgan fingerprint density at radius 1 is 1.07 bits per heavy atom. The lowest BCUT2D eigenvalue weighted by atomic mass is 10.1. The first-order chi connectivity index (χ1) is 13.2. The molecular formula is C22H28FNO3. The predicted octanol–water partition coefficient (Wildman–Crippen LogP) is 3.55. The van der Waals surface area contributed by atoms with Gasteiger partial charge in [-0.3, -0.25) is 0 Å². The van der Waals surface area contributed by atoms with Crippen LogP contribution in [0.4, 0.5) is 4.39 Å². The first-order valence-corrected chi connectivity index (χ1v) is 9.53. The van der Waals surface area contributed by atoms with Crippen LogP contribution in [0.3, 0.4) is 0 Å². The minimum Gasteiger partial charge on any atom is -0.496 e. The average Bonchev–Trinajstić information content (AvgIpc) is 2.72.